The van der Waals surface area contributed by atoms with Crippen LogP contribution in [0.15, 0.2) is 58.7 Å². The van der Waals surface area contributed by atoms with Crippen molar-refractivity contribution in [3.63, 3.8) is 0 Å². The van der Waals surface area contributed by atoms with Crippen LogP contribution in [0.2, 0.25) is 0 Å². The first-order chi connectivity index (χ1) is 13.2. The number of rotatable bonds is 5. The van der Waals surface area contributed by atoms with Crippen molar-refractivity contribution in [2.75, 3.05) is 31.1 Å². The molecule has 0 amide bonds. The van der Waals surface area contributed by atoms with Crippen LogP contribution in [0, 0.1) is 11.3 Å². The number of piperazine rings is 1. The number of benzene rings is 2. The molecule has 0 spiro atoms. The lowest BCUT2D eigenvalue weighted by atomic mass is 10.1. The van der Waals surface area contributed by atoms with Crippen molar-refractivity contribution in [3.8, 4) is 6.07 Å². The van der Waals surface area contributed by atoms with Gasteiger partial charge in [-0.25, -0.2) is 0 Å². The van der Waals surface area contributed by atoms with Gasteiger partial charge in [0, 0.05) is 32.7 Å². The fourth-order valence-electron chi connectivity index (χ4n) is 3.15. The average Bonchev–Trinajstić information content (AvgIpc) is 2.69. The highest BCUT2D eigenvalue weighted by atomic mass is 15.3. The van der Waals surface area contributed by atoms with Gasteiger partial charge >= 0.3 is 0 Å². The van der Waals surface area contributed by atoms with Crippen LogP contribution in [-0.4, -0.2) is 43.3 Å². The van der Waals surface area contributed by atoms with E-state index in [0.29, 0.717) is 5.56 Å². The van der Waals surface area contributed by atoms with Gasteiger partial charge in [-0.1, -0.05) is 36.4 Å². The van der Waals surface area contributed by atoms with E-state index in [1.165, 1.54) is 11.8 Å². The molecule has 2 aromatic carbocycles. The first kappa shape index (κ1) is 18.4. The lowest BCUT2D eigenvalue weighted by molar-refractivity contribution is 0.250. The molecule has 0 saturated carbocycles. The molecule has 1 aliphatic rings. The quantitative estimate of drug-likeness (QED) is 0.477. The lowest BCUT2D eigenvalue weighted by Crippen LogP contribution is -2.46. The summed E-state index contributed by atoms with van der Waals surface area (Å²) in [7, 11) is 0. The highest BCUT2D eigenvalue weighted by Gasteiger charge is 2.19. The summed E-state index contributed by atoms with van der Waals surface area (Å²) in [5.74, 6) is -0.100. The van der Waals surface area contributed by atoms with Crippen molar-refractivity contribution in [2.24, 2.45) is 21.7 Å². The van der Waals surface area contributed by atoms with Crippen molar-refractivity contribution >= 4 is 17.9 Å². The summed E-state index contributed by atoms with van der Waals surface area (Å²) in [5.41, 5.74) is 14.2. The van der Waals surface area contributed by atoms with Crippen molar-refractivity contribution in [1.29, 1.82) is 5.26 Å². The van der Waals surface area contributed by atoms with Crippen LogP contribution in [0.1, 0.15) is 16.7 Å². The van der Waals surface area contributed by atoms with Crippen LogP contribution in [0.5, 0.6) is 0 Å². The molecule has 0 aliphatic carbocycles. The minimum absolute atomic E-state index is 0.100. The van der Waals surface area contributed by atoms with Crippen LogP contribution in [0.3, 0.4) is 0 Å². The minimum atomic E-state index is -0.100. The van der Waals surface area contributed by atoms with Gasteiger partial charge in [0.25, 0.3) is 0 Å². The maximum Gasteiger partial charge on any atom is 0.211 e. The molecule has 2 aromatic rings. The monoisotopic (exact) mass is 361 g/mol. The Kier molecular flexibility index (Phi) is 6.02. The SMILES string of the molecule is N#Cc1cc(C=NN=C(N)N)ccc1N1CCN(Cc2ccccc2)CC1. The Morgan fingerprint density at radius 1 is 1.07 bits per heavy atom. The second-order valence-electron chi connectivity index (χ2n) is 6.41. The molecule has 0 atom stereocenters. The third-order valence-corrected chi connectivity index (χ3v) is 4.48. The predicted octanol–water partition coefficient (Wildman–Crippen LogP) is 1.49. The average molecular weight is 361 g/mol. The van der Waals surface area contributed by atoms with Crippen molar-refractivity contribution in [1.82, 2.24) is 4.90 Å². The van der Waals surface area contributed by atoms with E-state index in [1.54, 1.807) is 6.07 Å². The Balaban J connectivity index is 1.64. The number of guanidine groups is 1. The highest BCUT2D eigenvalue weighted by Crippen LogP contribution is 2.23. The maximum absolute atomic E-state index is 9.53. The summed E-state index contributed by atoms with van der Waals surface area (Å²) < 4.78 is 0. The van der Waals surface area contributed by atoms with Crippen molar-refractivity contribution in [3.05, 3.63) is 65.2 Å². The van der Waals surface area contributed by atoms with Crippen LogP contribution >= 0.6 is 0 Å². The first-order valence-corrected chi connectivity index (χ1v) is 8.83. The standard InChI is InChI=1S/C20H23N7/c21-13-18-12-17(14-24-25-20(22)23)6-7-19(18)27-10-8-26(9-11-27)15-16-4-2-1-3-5-16/h1-7,12,14H,8-11,15H2,(H4,22,23,25). The van der Waals surface area contributed by atoms with E-state index >= 15 is 0 Å². The van der Waals surface area contributed by atoms with Crippen LogP contribution in [0.4, 0.5) is 5.69 Å². The zero-order valence-corrected chi connectivity index (χ0v) is 15.1. The molecule has 1 saturated heterocycles. The number of anilines is 1. The number of nitrogens with two attached hydrogens (primary N) is 2. The van der Waals surface area contributed by atoms with Crippen molar-refractivity contribution < 1.29 is 0 Å². The van der Waals surface area contributed by atoms with Crippen LogP contribution < -0.4 is 16.4 Å². The fourth-order valence-corrected chi connectivity index (χ4v) is 3.15. The second kappa shape index (κ2) is 8.83. The Hall–Kier alpha value is -3.37. The molecular weight excluding hydrogens is 338 g/mol. The van der Waals surface area contributed by atoms with Gasteiger partial charge in [-0.05, 0) is 23.3 Å². The Bertz CT molecular complexity index is 856. The molecule has 27 heavy (non-hydrogen) atoms. The van der Waals surface area contributed by atoms with E-state index in [1.807, 2.05) is 18.2 Å². The van der Waals surface area contributed by atoms with Gasteiger partial charge in [0.2, 0.25) is 5.96 Å². The number of nitriles is 1. The largest absolute Gasteiger partial charge is 0.369 e. The van der Waals surface area contributed by atoms with Gasteiger partial charge < -0.3 is 16.4 Å². The smallest absolute Gasteiger partial charge is 0.211 e. The Morgan fingerprint density at radius 3 is 2.48 bits per heavy atom. The lowest BCUT2D eigenvalue weighted by Gasteiger charge is -2.36. The highest BCUT2D eigenvalue weighted by molar-refractivity contribution is 5.83. The summed E-state index contributed by atoms with van der Waals surface area (Å²) >= 11 is 0. The Morgan fingerprint density at radius 2 is 1.81 bits per heavy atom. The van der Waals surface area contributed by atoms with E-state index < -0.39 is 0 Å². The summed E-state index contributed by atoms with van der Waals surface area (Å²) in [6.45, 7) is 4.67. The molecule has 7 heteroatoms. The third-order valence-electron chi connectivity index (χ3n) is 4.48. The maximum atomic E-state index is 9.53. The summed E-state index contributed by atoms with van der Waals surface area (Å²) in [5, 5.41) is 16.9. The zero-order valence-electron chi connectivity index (χ0n) is 15.1. The molecule has 4 N–H and O–H groups in total. The number of hydrogen-bond acceptors (Lipinski definition) is 5. The van der Waals surface area contributed by atoms with E-state index in [-0.39, 0.29) is 5.96 Å². The van der Waals surface area contributed by atoms with Gasteiger partial charge in [-0.3, -0.25) is 4.90 Å². The van der Waals surface area contributed by atoms with Gasteiger partial charge in [0.05, 0.1) is 17.5 Å². The van der Waals surface area contributed by atoms with Gasteiger partial charge in [0.1, 0.15) is 6.07 Å². The molecule has 0 unspecified atom stereocenters. The zero-order chi connectivity index (χ0) is 19.1. The summed E-state index contributed by atoms with van der Waals surface area (Å²) in [6.07, 6.45) is 1.53. The third kappa shape index (κ3) is 5.06. The molecule has 1 fully saturated rings. The fraction of sp³-hybridized carbons (Fsp3) is 0.250. The van der Waals surface area contributed by atoms with Gasteiger partial charge in [-0.15, -0.1) is 5.10 Å². The normalized spacial score (nSPS) is 14.9. The van der Waals surface area contributed by atoms with Crippen LogP contribution in [-0.2, 0) is 6.54 Å². The molecule has 3 rings (SSSR count). The molecule has 7 nitrogen and oxygen atoms in total. The van der Waals surface area contributed by atoms with E-state index in [4.69, 9.17) is 11.5 Å². The van der Waals surface area contributed by atoms with Crippen molar-refractivity contribution in [2.45, 2.75) is 6.54 Å². The summed E-state index contributed by atoms with van der Waals surface area (Å²) in [4.78, 5) is 4.70. The van der Waals surface area contributed by atoms with Gasteiger partial charge in [-0.2, -0.15) is 10.4 Å². The van der Waals surface area contributed by atoms with Crippen LogP contribution in [0.25, 0.3) is 0 Å². The van der Waals surface area contributed by atoms with E-state index in [9.17, 15) is 5.26 Å². The molecule has 1 aliphatic heterocycles. The van der Waals surface area contributed by atoms with Gasteiger partial charge in [0.15, 0.2) is 0 Å². The topological polar surface area (TPSA) is 107 Å². The van der Waals surface area contributed by atoms with E-state index in [2.05, 4.69) is 50.3 Å². The molecule has 1 heterocycles. The molecule has 0 bridgehead atoms. The van der Waals surface area contributed by atoms with E-state index in [0.717, 1.165) is 44.0 Å². The second-order valence-corrected chi connectivity index (χ2v) is 6.41. The number of nitrogens with zero attached hydrogens (tertiary/aromatic N) is 5. The first-order valence-electron chi connectivity index (χ1n) is 8.83. The summed E-state index contributed by atoms with van der Waals surface area (Å²) in [6, 6.07) is 18.5. The molecule has 138 valence electrons. The Labute approximate surface area is 159 Å². The number of hydrogen-bond donors (Lipinski definition) is 2. The minimum Gasteiger partial charge on any atom is -0.369 e. The molecular formula is C20H23N7. The molecule has 0 aromatic heterocycles. The predicted molar refractivity (Wildman–Crippen MR) is 108 cm³/mol. The molecule has 0 radical (unpaired) electrons.